The van der Waals surface area contributed by atoms with Crippen molar-refractivity contribution in [3.05, 3.63) is 132 Å². The summed E-state index contributed by atoms with van der Waals surface area (Å²) in [6, 6.07) is 3.27. The lowest BCUT2D eigenvalue weighted by molar-refractivity contribution is -0.178. The van der Waals surface area contributed by atoms with Crippen LogP contribution in [0.4, 0.5) is 17.6 Å². The molecule has 8 heterocycles. The summed E-state index contributed by atoms with van der Waals surface area (Å²) >= 11 is 0. The summed E-state index contributed by atoms with van der Waals surface area (Å²) in [6.45, 7) is -10.7. The number of alkyl halides is 4. The van der Waals surface area contributed by atoms with Crippen LogP contribution in [0.5, 0.6) is 0 Å². The molecule has 4 aromatic rings. The van der Waals surface area contributed by atoms with Crippen LogP contribution in [0.1, 0.15) is 58.8 Å². The summed E-state index contributed by atoms with van der Waals surface area (Å²) in [5.74, 6) is -13.5. The van der Waals surface area contributed by atoms with E-state index in [9.17, 15) is 118 Å². The number of ether oxygens (including phenoxy) is 4. The van der Waals surface area contributed by atoms with Gasteiger partial charge in [0.15, 0.2) is 24.9 Å². The van der Waals surface area contributed by atoms with Crippen molar-refractivity contribution in [3.8, 4) is 0 Å². The Hall–Kier alpha value is -4.84. The number of nitrogens with zero attached hydrogens (tertiary/aromatic N) is 4. The third-order valence-electron chi connectivity index (χ3n) is 11.1. The minimum Gasteiger partial charge on any atom is -0.388 e. The molecule has 0 spiro atoms. The standard InChI is InChI=1S/4C9H13FN2O11P2/c4*10-9(4-21-25(19,20)23-24(16,17)18)3-5(13)7(22-9)12-2-1-6(14)11-8(12)15/h4*1-2,5,7,13H,3-4H2,(H,19,20)(H,11,14,15)(H2,16,17,18)/t4*5-,7-,9+/m1111/s1/i4D2,7D;7D;4D2;. The molecule has 4 unspecified atom stereocenters. The summed E-state index contributed by atoms with van der Waals surface area (Å²) in [7, 11) is -44.5. The quantitative estimate of drug-likeness (QED) is 0.0230. The fourth-order valence-corrected chi connectivity index (χ4v) is 13.8. The summed E-state index contributed by atoms with van der Waals surface area (Å²) in [6.07, 6.45) is -18.3. The van der Waals surface area contributed by atoms with Crippen LogP contribution in [0.3, 0.4) is 0 Å². The molecule has 100 heavy (non-hydrogen) atoms. The van der Waals surface area contributed by atoms with E-state index in [1.54, 1.807) is 15.0 Å². The van der Waals surface area contributed by atoms with E-state index in [2.05, 4.69) is 49.5 Å². The Morgan fingerprint density at radius 3 is 0.930 bits per heavy atom. The number of phosphoric ester groups is 4. The lowest BCUT2D eigenvalue weighted by Gasteiger charge is -2.22. The predicted octanol–water partition coefficient (Wildman–Crippen LogP) is -5.17. The number of aliphatic hydroxyl groups is 4. The molecule has 52 nitrogen and oxygen atoms in total. The van der Waals surface area contributed by atoms with E-state index in [4.69, 9.17) is 61.9 Å². The minimum atomic E-state index is -5.90. The number of nitrogens with one attached hydrogen (secondary N) is 4. The van der Waals surface area contributed by atoms with Gasteiger partial charge in [-0.2, -0.15) is 17.2 Å². The lowest BCUT2D eigenvalue weighted by Crippen LogP contribution is -2.35. The molecule has 0 radical (unpaired) electrons. The Morgan fingerprint density at radius 1 is 0.400 bits per heavy atom. The first-order valence-corrected chi connectivity index (χ1v) is 37.1. The van der Waals surface area contributed by atoms with Crippen LogP contribution in [0.2, 0.25) is 0 Å². The van der Waals surface area contributed by atoms with Gasteiger partial charge in [0.1, 0.15) is 50.7 Å². The molecule has 0 amide bonds. The second kappa shape index (κ2) is 32.3. The number of rotatable bonds is 24. The number of aromatic nitrogens is 8. The van der Waals surface area contributed by atoms with Gasteiger partial charge >= 0.3 is 85.3 Å². The maximum absolute atomic E-state index is 15.0. The SMILES string of the molecule is O=c1ccn([C@@H]2O[C@](F)(COP(=O)(O)OP(=O)(O)O)C[C@H]2O)c(=O)[nH]1.[2H]C([2H])(OP(=O)(O)OP(=O)(O)O)[C@]1(F)C[C@@H](O)[C@H](n2ccc(=O)[nH]c2=O)O1.[2H]C([2H])(OP(=O)(O)OP(=O)(O)O)[C@]1(F)C[C@@H](O)[C@]([2H])(n2ccc(=O)[nH]c2=O)O1.[2H][C@@]1(n2ccc(=O)[nH]c2=O)O[C@](F)(COP(=O)(O)OP(=O)(O)O)C[C@H]1O. The third-order valence-corrected chi connectivity index (χ3v) is 19.3. The molecular formula is C36H52F4N8O44P8. The van der Waals surface area contributed by atoms with Crippen molar-refractivity contribution in [1.29, 1.82) is 0 Å². The van der Waals surface area contributed by atoms with Gasteiger partial charge in [-0.3, -0.25) is 75.5 Å². The lowest BCUT2D eigenvalue weighted by atomic mass is 10.2. The van der Waals surface area contributed by atoms with E-state index < -0.39 is 232 Å². The Labute approximate surface area is 552 Å². The highest BCUT2D eigenvalue weighted by molar-refractivity contribution is 7.62. The zero-order valence-electron chi connectivity index (χ0n) is 53.8. The molecule has 0 aromatic carbocycles. The molecule has 16 atom stereocenters. The summed E-state index contributed by atoms with van der Waals surface area (Å²) in [5.41, 5.74) is -7.94. The number of phosphoric acid groups is 8. The van der Waals surface area contributed by atoms with E-state index in [1.165, 1.54) is 0 Å². The van der Waals surface area contributed by atoms with Crippen molar-refractivity contribution < 1.29 is 196 Å². The van der Waals surface area contributed by atoms with Crippen molar-refractivity contribution in [2.75, 3.05) is 26.3 Å². The Balaban J connectivity index is 0.000000254. The van der Waals surface area contributed by atoms with Crippen LogP contribution in [0, 0.1) is 0 Å². The number of hydrogen-bond donors (Lipinski definition) is 20. The van der Waals surface area contributed by atoms with Crippen molar-refractivity contribution in [2.24, 2.45) is 0 Å². The van der Waals surface area contributed by atoms with Crippen LogP contribution in [0.25, 0.3) is 0 Å². The first-order chi connectivity index (χ1) is 47.4. The first-order valence-electron chi connectivity index (χ1n) is 28.0. The molecule has 8 rings (SSSR count). The topological polar surface area (TPSA) is 790 Å². The summed E-state index contributed by atoms with van der Waals surface area (Å²) in [4.78, 5) is 202. The number of aliphatic hydroxyl groups excluding tert-OH is 4. The molecule has 4 fully saturated rings. The van der Waals surface area contributed by atoms with Gasteiger partial charge in [0.25, 0.3) is 22.2 Å². The molecule has 20 N–H and O–H groups in total. The fourth-order valence-electron chi connectivity index (χ4n) is 7.60. The second-order valence-corrected chi connectivity index (χ2v) is 30.4. The number of aromatic amines is 4. The highest BCUT2D eigenvalue weighted by Gasteiger charge is 2.54. The average Bonchev–Trinajstić information content (AvgIpc) is 1.58. The van der Waals surface area contributed by atoms with Crippen LogP contribution in [-0.4, -0.2) is 192 Å². The van der Waals surface area contributed by atoms with Gasteiger partial charge < -0.3 is 98.1 Å². The maximum Gasteiger partial charge on any atom is 0.481 e. The molecule has 4 aromatic heterocycles. The molecule has 4 saturated heterocycles. The largest absolute Gasteiger partial charge is 0.481 e. The zero-order chi connectivity index (χ0) is 81.6. The normalized spacial score (nSPS) is 32.1. The second-order valence-electron chi connectivity index (χ2n) is 19.2. The highest BCUT2D eigenvalue weighted by Crippen LogP contribution is 2.61. The molecule has 64 heteroatoms. The monoisotopic (exact) mass is 1630 g/mol. The first kappa shape index (κ1) is 76.3. The van der Waals surface area contributed by atoms with Crippen LogP contribution in [0.15, 0.2) is 87.4 Å². The third kappa shape index (κ3) is 27.0. The van der Waals surface area contributed by atoms with Crippen molar-refractivity contribution in [1.82, 2.24) is 38.2 Å². The summed E-state index contributed by atoms with van der Waals surface area (Å²) < 4.78 is 242. The Morgan fingerprint density at radius 2 is 0.630 bits per heavy atom. The molecular weight excluding hydrogens is 1570 g/mol. The van der Waals surface area contributed by atoms with E-state index in [0.717, 1.165) is 36.8 Å². The van der Waals surface area contributed by atoms with Crippen molar-refractivity contribution in [3.63, 3.8) is 0 Å². The minimum absolute atomic E-state index is 0.209. The number of halogens is 4. The van der Waals surface area contributed by atoms with Crippen LogP contribution in [-0.2, 0) is 90.8 Å². The van der Waals surface area contributed by atoms with Crippen molar-refractivity contribution in [2.45, 2.75) is 98.4 Å². The van der Waals surface area contributed by atoms with E-state index in [0.29, 0.717) is 26.0 Å². The van der Waals surface area contributed by atoms with E-state index in [1.807, 2.05) is 4.98 Å². The van der Waals surface area contributed by atoms with Gasteiger partial charge in [0, 0.05) is 74.7 Å². The molecule has 0 aliphatic carbocycles. The average molecular weight is 1630 g/mol. The van der Waals surface area contributed by atoms with E-state index >= 15 is 4.39 Å². The Kier molecular flexibility index (Phi) is 24.6. The van der Waals surface area contributed by atoms with Gasteiger partial charge in [-0.25, -0.2) is 73.3 Å². The van der Waals surface area contributed by atoms with Gasteiger partial charge in [0.05, 0.1) is 8.22 Å². The smallest absolute Gasteiger partial charge is 0.388 e. The van der Waals surface area contributed by atoms with Gasteiger partial charge in [-0.15, -0.1) is 0 Å². The van der Waals surface area contributed by atoms with Crippen molar-refractivity contribution >= 4 is 62.6 Å². The molecule has 4 aliphatic heterocycles. The molecule has 0 bridgehead atoms. The number of hydrogen-bond acceptors (Lipinski definition) is 32. The fraction of sp³-hybridized carbons (Fsp3) is 0.556. The zero-order valence-corrected chi connectivity index (χ0v) is 54.9. The van der Waals surface area contributed by atoms with Gasteiger partial charge in [0.2, 0.25) is 23.4 Å². The molecule has 568 valence electrons. The summed E-state index contributed by atoms with van der Waals surface area (Å²) in [5, 5.41) is 39.6. The van der Waals surface area contributed by atoms with Gasteiger partial charge in [-0.05, 0) is 0 Å². The number of H-pyrrole nitrogens is 4. The van der Waals surface area contributed by atoms with Crippen LogP contribution >= 0.6 is 62.6 Å². The van der Waals surface area contributed by atoms with Gasteiger partial charge in [-0.1, -0.05) is 0 Å². The predicted molar refractivity (Wildman–Crippen MR) is 299 cm³/mol. The maximum atomic E-state index is 15.0. The van der Waals surface area contributed by atoms with Crippen LogP contribution < -0.4 is 45.0 Å². The Bertz CT molecular complexity index is 4840. The molecule has 4 aliphatic rings. The highest BCUT2D eigenvalue weighted by atomic mass is 31.3. The van der Waals surface area contributed by atoms with E-state index in [-0.39, 0.29) is 4.57 Å². The molecule has 0 saturated carbocycles.